The van der Waals surface area contributed by atoms with E-state index in [2.05, 4.69) is 25.7 Å². The van der Waals surface area contributed by atoms with Crippen molar-refractivity contribution in [2.45, 2.75) is 0 Å². The van der Waals surface area contributed by atoms with E-state index in [9.17, 15) is 14.9 Å². The van der Waals surface area contributed by atoms with E-state index in [4.69, 9.17) is 4.74 Å². The minimum atomic E-state index is -0.550. The Balaban J connectivity index is 1.81. The number of hydrogen-bond acceptors (Lipinski definition) is 9. The number of amides is 1. The van der Waals surface area contributed by atoms with Gasteiger partial charge in [0.25, 0.3) is 5.91 Å². The van der Waals surface area contributed by atoms with Gasteiger partial charge in [-0.25, -0.2) is 9.97 Å². The highest BCUT2D eigenvalue weighted by molar-refractivity contribution is 5.97. The Morgan fingerprint density at radius 2 is 1.93 bits per heavy atom. The minimum absolute atomic E-state index is 0.0859. The van der Waals surface area contributed by atoms with Crippen LogP contribution in [0.4, 0.5) is 17.3 Å². The smallest absolute Gasteiger partial charge is 0.355 e. The summed E-state index contributed by atoms with van der Waals surface area (Å²) in [6.45, 7) is 2.77. The fraction of sp³-hybridized carbons (Fsp3) is 0.353. The van der Waals surface area contributed by atoms with Crippen LogP contribution in [0.25, 0.3) is 0 Å². The van der Waals surface area contributed by atoms with Crippen molar-refractivity contribution in [1.29, 1.82) is 0 Å². The van der Waals surface area contributed by atoms with Crippen LogP contribution in [0.5, 0.6) is 5.75 Å². The van der Waals surface area contributed by atoms with Gasteiger partial charge in [0.15, 0.2) is 0 Å². The number of nitro groups is 1. The van der Waals surface area contributed by atoms with Crippen molar-refractivity contribution in [2.75, 3.05) is 50.7 Å². The molecule has 0 spiro atoms. The number of anilines is 2. The van der Waals surface area contributed by atoms with Crippen LogP contribution in [-0.2, 0) is 0 Å². The van der Waals surface area contributed by atoms with Gasteiger partial charge in [0.2, 0.25) is 11.6 Å². The fourth-order valence-corrected chi connectivity index (χ4v) is 2.89. The average molecular weight is 387 g/mol. The number of aromatic nitrogens is 2. The van der Waals surface area contributed by atoms with Gasteiger partial charge in [-0.05, 0) is 19.2 Å². The second-order valence-corrected chi connectivity index (χ2v) is 6.22. The molecular formula is C17H21N7O4. The van der Waals surface area contributed by atoms with Crippen molar-refractivity contribution in [3.8, 4) is 5.75 Å². The quantitative estimate of drug-likeness (QED) is 0.549. The fourth-order valence-electron chi connectivity index (χ4n) is 2.89. The van der Waals surface area contributed by atoms with Crippen molar-refractivity contribution in [2.24, 2.45) is 0 Å². The van der Waals surface area contributed by atoms with Gasteiger partial charge in [0, 0.05) is 26.2 Å². The van der Waals surface area contributed by atoms with Crippen molar-refractivity contribution < 1.29 is 14.5 Å². The lowest BCUT2D eigenvalue weighted by molar-refractivity contribution is -0.383. The highest BCUT2D eigenvalue weighted by atomic mass is 16.6. The Bertz CT molecular complexity index is 868. The molecule has 1 aliphatic heterocycles. The molecule has 148 valence electrons. The molecule has 2 heterocycles. The molecule has 1 saturated heterocycles. The lowest BCUT2D eigenvalue weighted by Gasteiger charge is -2.32. The molecule has 1 aromatic heterocycles. The van der Waals surface area contributed by atoms with E-state index in [-0.39, 0.29) is 22.9 Å². The van der Waals surface area contributed by atoms with Gasteiger partial charge in [-0.15, -0.1) is 0 Å². The molecule has 0 bridgehead atoms. The van der Waals surface area contributed by atoms with Gasteiger partial charge in [-0.1, -0.05) is 12.1 Å². The first-order valence-corrected chi connectivity index (χ1v) is 8.63. The van der Waals surface area contributed by atoms with Crippen LogP contribution < -0.4 is 20.5 Å². The van der Waals surface area contributed by atoms with E-state index >= 15 is 0 Å². The summed E-state index contributed by atoms with van der Waals surface area (Å²) in [4.78, 5) is 35.6. The number of hydrazine groups is 1. The molecule has 2 aromatic rings. The average Bonchev–Trinajstić information content (AvgIpc) is 2.72. The number of ether oxygens (including phenoxy) is 1. The van der Waals surface area contributed by atoms with E-state index in [1.807, 2.05) is 11.9 Å². The first-order chi connectivity index (χ1) is 13.5. The number of piperazine rings is 1. The van der Waals surface area contributed by atoms with E-state index in [1.165, 1.54) is 13.4 Å². The first kappa shape index (κ1) is 19.3. The summed E-state index contributed by atoms with van der Waals surface area (Å²) < 4.78 is 5.15. The number of nitrogens with one attached hydrogen (secondary N) is 2. The summed E-state index contributed by atoms with van der Waals surface area (Å²) in [5, 5.41) is 11.7. The maximum atomic E-state index is 12.4. The van der Waals surface area contributed by atoms with Gasteiger partial charge in [0.1, 0.15) is 12.1 Å². The van der Waals surface area contributed by atoms with Gasteiger partial charge < -0.3 is 14.5 Å². The molecule has 28 heavy (non-hydrogen) atoms. The molecule has 11 heteroatoms. The van der Waals surface area contributed by atoms with Crippen LogP contribution in [0.3, 0.4) is 0 Å². The Kier molecular flexibility index (Phi) is 5.84. The Morgan fingerprint density at radius 1 is 1.21 bits per heavy atom. The summed E-state index contributed by atoms with van der Waals surface area (Å²) >= 11 is 0. The lowest BCUT2D eigenvalue weighted by Crippen LogP contribution is -2.45. The summed E-state index contributed by atoms with van der Waals surface area (Å²) in [7, 11) is 3.45. The molecule has 11 nitrogen and oxygen atoms in total. The maximum absolute atomic E-state index is 12.4. The van der Waals surface area contributed by atoms with Crippen LogP contribution in [0.2, 0.25) is 0 Å². The predicted molar refractivity (Wildman–Crippen MR) is 102 cm³/mol. The Morgan fingerprint density at radius 3 is 2.61 bits per heavy atom. The molecule has 1 amide bonds. The summed E-state index contributed by atoms with van der Waals surface area (Å²) in [5.74, 6) is 0.0166. The zero-order chi connectivity index (χ0) is 20.1. The number of carbonyl (C=O) groups is 1. The number of para-hydroxylation sites is 1. The van der Waals surface area contributed by atoms with Crippen LogP contribution in [0, 0.1) is 10.1 Å². The molecule has 2 N–H and O–H groups in total. The largest absolute Gasteiger partial charge is 0.496 e. The third kappa shape index (κ3) is 4.09. The van der Waals surface area contributed by atoms with Crippen LogP contribution in [0.1, 0.15) is 10.4 Å². The summed E-state index contributed by atoms with van der Waals surface area (Å²) in [6.07, 6.45) is 1.23. The van der Waals surface area contributed by atoms with Gasteiger partial charge in [-0.3, -0.25) is 25.8 Å². The van der Waals surface area contributed by atoms with Crippen molar-refractivity contribution in [3.63, 3.8) is 0 Å². The molecule has 3 rings (SSSR count). The topological polar surface area (TPSA) is 126 Å². The molecule has 0 saturated carbocycles. The zero-order valence-electron chi connectivity index (χ0n) is 15.6. The molecule has 1 fully saturated rings. The summed E-state index contributed by atoms with van der Waals surface area (Å²) in [6, 6.07) is 6.66. The normalized spacial score (nSPS) is 14.4. The third-order valence-corrected chi connectivity index (χ3v) is 4.43. The van der Waals surface area contributed by atoms with E-state index in [0.29, 0.717) is 18.8 Å². The van der Waals surface area contributed by atoms with E-state index < -0.39 is 10.8 Å². The van der Waals surface area contributed by atoms with E-state index in [1.54, 1.807) is 24.3 Å². The van der Waals surface area contributed by atoms with Crippen molar-refractivity contribution in [3.05, 3.63) is 46.3 Å². The molecule has 1 aliphatic rings. The SMILES string of the molecule is COc1ccccc1C(=O)NNc1ncnc(N2CCN(C)CC2)c1[N+](=O)[O-]. The highest BCUT2D eigenvalue weighted by Crippen LogP contribution is 2.31. The molecule has 0 unspecified atom stereocenters. The third-order valence-electron chi connectivity index (χ3n) is 4.43. The molecule has 0 radical (unpaired) electrons. The number of rotatable bonds is 6. The second kappa shape index (κ2) is 8.48. The molecule has 1 aromatic carbocycles. The van der Waals surface area contributed by atoms with E-state index in [0.717, 1.165) is 13.1 Å². The number of nitrogens with zero attached hydrogens (tertiary/aromatic N) is 5. The van der Waals surface area contributed by atoms with Crippen molar-refractivity contribution >= 4 is 23.2 Å². The zero-order valence-corrected chi connectivity index (χ0v) is 15.6. The Hall–Kier alpha value is -3.47. The lowest BCUT2D eigenvalue weighted by atomic mass is 10.2. The van der Waals surface area contributed by atoms with Gasteiger partial charge in [-0.2, -0.15) is 0 Å². The Labute approximate surface area is 161 Å². The highest BCUT2D eigenvalue weighted by Gasteiger charge is 2.29. The second-order valence-electron chi connectivity index (χ2n) is 6.22. The minimum Gasteiger partial charge on any atom is -0.496 e. The standard InChI is InChI=1S/C17H21N7O4/c1-22-7-9-23(10-8-22)16-14(24(26)27)15(18-11-19-16)20-21-17(25)12-5-3-4-6-13(12)28-2/h3-6,11H,7-10H2,1-2H3,(H,21,25)(H,18,19,20). The molecular weight excluding hydrogens is 366 g/mol. The first-order valence-electron chi connectivity index (χ1n) is 8.63. The number of carbonyl (C=O) groups excluding carboxylic acids is 1. The number of methoxy groups -OCH3 is 1. The van der Waals surface area contributed by atoms with Crippen LogP contribution in [-0.4, -0.2) is 66.0 Å². The van der Waals surface area contributed by atoms with Gasteiger partial charge >= 0.3 is 5.69 Å². The molecule has 0 aliphatic carbocycles. The monoisotopic (exact) mass is 387 g/mol. The van der Waals surface area contributed by atoms with Crippen LogP contribution >= 0.6 is 0 Å². The molecule has 0 atom stereocenters. The predicted octanol–water partition coefficient (Wildman–Crippen LogP) is 0.902. The summed E-state index contributed by atoms with van der Waals surface area (Å²) in [5.41, 5.74) is 4.98. The number of hydrogen-bond donors (Lipinski definition) is 2. The van der Waals surface area contributed by atoms with Crippen LogP contribution in [0.15, 0.2) is 30.6 Å². The van der Waals surface area contributed by atoms with Crippen molar-refractivity contribution in [1.82, 2.24) is 20.3 Å². The maximum Gasteiger partial charge on any atom is 0.355 e. The number of benzene rings is 1. The van der Waals surface area contributed by atoms with Gasteiger partial charge in [0.05, 0.1) is 17.6 Å². The number of likely N-dealkylation sites (N-methyl/N-ethyl adjacent to an activating group) is 1.